The summed E-state index contributed by atoms with van der Waals surface area (Å²) in [7, 11) is 0. The minimum Gasteiger partial charge on any atom is -0.475 e. The van der Waals surface area contributed by atoms with E-state index in [1.165, 1.54) is 6.20 Å². The molecule has 0 radical (unpaired) electrons. The van der Waals surface area contributed by atoms with Crippen LogP contribution in [-0.4, -0.2) is 74.2 Å². The Morgan fingerprint density at radius 2 is 1.58 bits per heavy atom. The molecule has 1 spiro atoms. The molecule has 2 aromatic heterocycles. The van der Waals surface area contributed by atoms with E-state index in [4.69, 9.17) is 9.90 Å². The first-order valence-corrected chi connectivity index (χ1v) is 9.58. The average molecular weight is 438 g/mol. The summed E-state index contributed by atoms with van der Waals surface area (Å²) >= 11 is 0. The van der Waals surface area contributed by atoms with Gasteiger partial charge in [0.15, 0.2) is 0 Å². The third kappa shape index (κ3) is 5.64. The number of hydrogen-bond donors (Lipinski definition) is 1. The lowest BCUT2D eigenvalue weighted by Gasteiger charge is -2.39. The molecule has 31 heavy (non-hydrogen) atoms. The smallest absolute Gasteiger partial charge is 0.475 e. The normalized spacial score (nSPS) is 17.8. The molecule has 2 aromatic rings. The highest BCUT2D eigenvalue weighted by Crippen LogP contribution is 2.41. The largest absolute Gasteiger partial charge is 0.490 e. The quantitative estimate of drug-likeness (QED) is 0.758. The third-order valence-electron chi connectivity index (χ3n) is 5.41. The molecule has 0 unspecified atom stereocenters. The number of aromatic nitrogens is 4. The maximum Gasteiger partial charge on any atom is 0.490 e. The van der Waals surface area contributed by atoms with E-state index in [0.717, 1.165) is 51.4 Å². The van der Waals surface area contributed by atoms with Crippen LogP contribution in [0.4, 0.5) is 19.1 Å². The highest BCUT2D eigenvalue weighted by Gasteiger charge is 2.42. The van der Waals surface area contributed by atoms with Crippen LogP contribution in [0.3, 0.4) is 0 Å². The number of hydrogen-bond acceptors (Lipinski definition) is 7. The first kappa shape index (κ1) is 22.4. The molecule has 0 aliphatic carbocycles. The van der Waals surface area contributed by atoms with Crippen molar-refractivity contribution < 1.29 is 27.9 Å². The number of carbonyl (C=O) groups is 2. The fraction of sp³-hybridized carbons (Fsp3) is 0.474. The van der Waals surface area contributed by atoms with Crippen molar-refractivity contribution in [1.82, 2.24) is 24.8 Å². The van der Waals surface area contributed by atoms with Gasteiger partial charge in [0.2, 0.25) is 5.95 Å². The van der Waals surface area contributed by atoms with Gasteiger partial charge in [-0.3, -0.25) is 9.78 Å². The fourth-order valence-electron chi connectivity index (χ4n) is 3.72. The number of nitrogens with zero attached hydrogens (tertiary/aromatic N) is 6. The number of halogens is 3. The Labute approximate surface area is 176 Å². The average Bonchev–Trinajstić information content (AvgIpc) is 3.18. The summed E-state index contributed by atoms with van der Waals surface area (Å²) in [6.07, 6.45) is 6.35. The van der Waals surface area contributed by atoms with E-state index >= 15 is 0 Å². The molecule has 12 heteroatoms. The Hall–Kier alpha value is -3.31. The summed E-state index contributed by atoms with van der Waals surface area (Å²) in [5.41, 5.74) is 0.706. The SMILES string of the molecule is O=C(O)C(F)(F)F.O=C(c1cnccn1)N1CCC2(CC1)CCN(c1ncccn1)C2. The second-order valence-electron chi connectivity index (χ2n) is 7.41. The third-order valence-corrected chi connectivity index (χ3v) is 5.41. The van der Waals surface area contributed by atoms with E-state index in [0.29, 0.717) is 5.69 Å². The van der Waals surface area contributed by atoms with Crippen LogP contribution in [0.2, 0.25) is 0 Å². The number of amides is 1. The van der Waals surface area contributed by atoms with Crippen LogP contribution in [-0.2, 0) is 4.79 Å². The number of carboxylic acids is 1. The highest BCUT2D eigenvalue weighted by molar-refractivity contribution is 5.92. The Balaban J connectivity index is 0.000000339. The predicted molar refractivity (Wildman–Crippen MR) is 102 cm³/mol. The number of likely N-dealkylation sites (tertiary alicyclic amines) is 1. The summed E-state index contributed by atoms with van der Waals surface area (Å²) < 4.78 is 31.7. The molecule has 0 atom stereocenters. The molecule has 2 saturated heterocycles. The van der Waals surface area contributed by atoms with Crippen LogP contribution in [0.15, 0.2) is 37.1 Å². The van der Waals surface area contributed by atoms with Crippen molar-refractivity contribution in [3.05, 3.63) is 42.7 Å². The Morgan fingerprint density at radius 1 is 0.968 bits per heavy atom. The number of alkyl halides is 3. The van der Waals surface area contributed by atoms with Crippen molar-refractivity contribution in [2.24, 2.45) is 5.41 Å². The van der Waals surface area contributed by atoms with Gasteiger partial charge in [-0.1, -0.05) is 0 Å². The van der Waals surface area contributed by atoms with Crippen molar-refractivity contribution in [1.29, 1.82) is 0 Å². The molecule has 0 saturated carbocycles. The summed E-state index contributed by atoms with van der Waals surface area (Å²) in [6.45, 7) is 3.52. The number of carbonyl (C=O) groups excluding carboxylic acids is 1. The molecular formula is C19H21F3N6O3. The summed E-state index contributed by atoms with van der Waals surface area (Å²) in [6, 6.07) is 1.84. The summed E-state index contributed by atoms with van der Waals surface area (Å²) in [5.74, 6) is -1.96. The molecule has 0 bridgehead atoms. The molecule has 0 aromatic carbocycles. The zero-order valence-corrected chi connectivity index (χ0v) is 16.5. The van der Waals surface area contributed by atoms with E-state index in [-0.39, 0.29) is 11.3 Å². The first-order chi connectivity index (χ1) is 14.7. The van der Waals surface area contributed by atoms with Crippen LogP contribution >= 0.6 is 0 Å². The van der Waals surface area contributed by atoms with Crippen LogP contribution in [0.5, 0.6) is 0 Å². The molecule has 2 fully saturated rings. The zero-order valence-electron chi connectivity index (χ0n) is 16.5. The Kier molecular flexibility index (Phi) is 6.66. The van der Waals surface area contributed by atoms with Gasteiger partial charge in [0, 0.05) is 51.0 Å². The second kappa shape index (κ2) is 9.23. The monoisotopic (exact) mass is 438 g/mol. The van der Waals surface area contributed by atoms with Gasteiger partial charge in [-0.05, 0) is 30.7 Å². The highest BCUT2D eigenvalue weighted by atomic mass is 19.4. The maximum atomic E-state index is 12.5. The fourth-order valence-corrected chi connectivity index (χ4v) is 3.72. The predicted octanol–water partition coefficient (Wildman–Crippen LogP) is 2.03. The van der Waals surface area contributed by atoms with E-state index in [1.807, 2.05) is 11.0 Å². The molecule has 4 heterocycles. The lowest BCUT2D eigenvalue weighted by molar-refractivity contribution is -0.192. The van der Waals surface area contributed by atoms with Crippen LogP contribution in [0.25, 0.3) is 0 Å². The standard InChI is InChI=1S/C17H20N6O.C2HF3O2/c24-15(14-12-18-7-8-19-14)22-9-2-17(3-10-22)4-11-23(13-17)16-20-5-1-6-21-16;3-2(4,5)1(6)7/h1,5-8,12H,2-4,9-11,13H2;(H,6,7). The minimum absolute atomic E-state index is 0.0146. The van der Waals surface area contributed by atoms with Gasteiger partial charge in [-0.15, -0.1) is 0 Å². The number of aliphatic carboxylic acids is 1. The van der Waals surface area contributed by atoms with Gasteiger partial charge in [-0.2, -0.15) is 13.2 Å². The minimum atomic E-state index is -5.08. The molecule has 2 aliphatic rings. The maximum absolute atomic E-state index is 12.5. The molecule has 1 N–H and O–H groups in total. The number of rotatable bonds is 2. The van der Waals surface area contributed by atoms with Gasteiger partial charge in [0.05, 0.1) is 6.20 Å². The molecule has 9 nitrogen and oxygen atoms in total. The number of piperidine rings is 1. The first-order valence-electron chi connectivity index (χ1n) is 9.58. The topological polar surface area (TPSA) is 112 Å². The van der Waals surface area contributed by atoms with Gasteiger partial charge in [-0.25, -0.2) is 19.7 Å². The van der Waals surface area contributed by atoms with E-state index in [9.17, 15) is 18.0 Å². The van der Waals surface area contributed by atoms with Crippen LogP contribution < -0.4 is 4.90 Å². The van der Waals surface area contributed by atoms with Crippen molar-refractivity contribution in [2.45, 2.75) is 25.4 Å². The van der Waals surface area contributed by atoms with Gasteiger partial charge < -0.3 is 14.9 Å². The van der Waals surface area contributed by atoms with Gasteiger partial charge >= 0.3 is 12.1 Å². The van der Waals surface area contributed by atoms with E-state index in [1.54, 1.807) is 24.8 Å². The van der Waals surface area contributed by atoms with Crippen molar-refractivity contribution >= 4 is 17.8 Å². The summed E-state index contributed by atoms with van der Waals surface area (Å²) in [4.78, 5) is 42.4. The molecular weight excluding hydrogens is 417 g/mol. The van der Waals surface area contributed by atoms with Crippen LogP contribution in [0.1, 0.15) is 29.8 Å². The Bertz CT molecular complexity index is 890. The Morgan fingerprint density at radius 3 is 2.13 bits per heavy atom. The van der Waals surface area contributed by atoms with Gasteiger partial charge in [0.1, 0.15) is 5.69 Å². The van der Waals surface area contributed by atoms with E-state index < -0.39 is 12.1 Å². The number of carboxylic acid groups (broad SMARTS) is 1. The van der Waals surface area contributed by atoms with Crippen molar-refractivity contribution in [3.8, 4) is 0 Å². The molecule has 1 amide bonds. The van der Waals surface area contributed by atoms with Crippen molar-refractivity contribution in [2.75, 3.05) is 31.1 Å². The number of anilines is 1. The molecule has 2 aliphatic heterocycles. The lowest BCUT2D eigenvalue weighted by atomic mass is 9.77. The lowest BCUT2D eigenvalue weighted by Crippen LogP contribution is -2.44. The van der Waals surface area contributed by atoms with Gasteiger partial charge in [0.25, 0.3) is 5.91 Å². The van der Waals surface area contributed by atoms with Crippen LogP contribution in [0, 0.1) is 5.41 Å². The second-order valence-corrected chi connectivity index (χ2v) is 7.41. The molecule has 4 rings (SSSR count). The zero-order chi connectivity index (χ0) is 22.5. The molecule has 166 valence electrons. The van der Waals surface area contributed by atoms with E-state index in [2.05, 4.69) is 24.8 Å². The summed E-state index contributed by atoms with van der Waals surface area (Å²) in [5, 5.41) is 7.12. The van der Waals surface area contributed by atoms with Crippen molar-refractivity contribution in [3.63, 3.8) is 0 Å².